The number of amides is 3. The molecule has 4 rings (SSSR count). The first kappa shape index (κ1) is 22.1. The van der Waals surface area contributed by atoms with Crippen LogP contribution in [0.15, 0.2) is 78.5 Å². The number of ether oxygens (including phenoxy) is 1. The Bertz CT molecular complexity index is 1270. The number of benzene rings is 3. The molecule has 0 saturated carbocycles. The lowest BCUT2D eigenvalue weighted by molar-refractivity contribution is -0.120. The maximum Gasteiger partial charge on any atom is 0.282 e. The van der Waals surface area contributed by atoms with Crippen molar-refractivity contribution in [2.24, 2.45) is 0 Å². The Hall–Kier alpha value is -4.10. The van der Waals surface area contributed by atoms with Gasteiger partial charge in [0.15, 0.2) is 0 Å². The average molecular weight is 462 g/mol. The molecule has 3 amide bonds. The zero-order valence-corrected chi connectivity index (χ0v) is 18.6. The van der Waals surface area contributed by atoms with Crippen LogP contribution >= 0.6 is 11.6 Å². The van der Waals surface area contributed by atoms with Crippen LogP contribution in [0, 0.1) is 0 Å². The first-order valence-electron chi connectivity index (χ1n) is 10.1. The Morgan fingerprint density at radius 1 is 0.879 bits per heavy atom. The van der Waals surface area contributed by atoms with Crippen LogP contribution in [0.4, 0.5) is 17.1 Å². The summed E-state index contributed by atoms with van der Waals surface area (Å²) in [6, 6.07) is 20.3. The van der Waals surface area contributed by atoms with E-state index in [2.05, 4.69) is 10.6 Å². The van der Waals surface area contributed by atoms with E-state index in [9.17, 15) is 14.4 Å². The van der Waals surface area contributed by atoms with E-state index in [1.54, 1.807) is 72.8 Å². The third kappa shape index (κ3) is 4.44. The molecule has 3 aromatic rings. The molecule has 0 aromatic heterocycles. The second-order valence-corrected chi connectivity index (χ2v) is 7.69. The number of para-hydroxylation sites is 1. The van der Waals surface area contributed by atoms with Gasteiger partial charge in [-0.25, -0.2) is 4.90 Å². The zero-order chi connectivity index (χ0) is 23.5. The van der Waals surface area contributed by atoms with Crippen molar-refractivity contribution in [3.8, 4) is 5.75 Å². The van der Waals surface area contributed by atoms with Gasteiger partial charge in [0.1, 0.15) is 11.4 Å². The summed E-state index contributed by atoms with van der Waals surface area (Å²) in [5, 5.41) is 6.27. The molecule has 1 heterocycles. The maximum absolute atomic E-state index is 13.5. The molecule has 8 heteroatoms. The van der Waals surface area contributed by atoms with Crippen LogP contribution in [0.3, 0.4) is 0 Å². The fourth-order valence-corrected chi connectivity index (χ4v) is 3.68. The van der Waals surface area contributed by atoms with Crippen LogP contribution in [0.2, 0.25) is 5.02 Å². The molecule has 0 saturated heterocycles. The smallest absolute Gasteiger partial charge is 0.282 e. The average Bonchev–Trinajstić information content (AvgIpc) is 3.04. The van der Waals surface area contributed by atoms with Crippen LogP contribution < -0.4 is 20.3 Å². The fraction of sp³-hybridized carbons (Fsp3) is 0.0800. The van der Waals surface area contributed by atoms with E-state index in [-0.39, 0.29) is 17.2 Å². The number of carbonyl (C=O) groups excluding carboxylic acids is 3. The van der Waals surface area contributed by atoms with E-state index in [0.717, 1.165) is 4.90 Å². The van der Waals surface area contributed by atoms with Crippen molar-refractivity contribution in [3.05, 3.63) is 89.1 Å². The molecule has 3 aromatic carbocycles. The number of hydrogen-bond acceptors (Lipinski definition) is 5. The molecule has 1 aliphatic heterocycles. The van der Waals surface area contributed by atoms with E-state index < -0.39 is 11.8 Å². The fourth-order valence-electron chi connectivity index (χ4n) is 3.56. The molecule has 166 valence electrons. The van der Waals surface area contributed by atoms with Gasteiger partial charge in [0.05, 0.1) is 18.4 Å². The summed E-state index contributed by atoms with van der Waals surface area (Å²) in [4.78, 5) is 39.3. The highest BCUT2D eigenvalue weighted by Gasteiger charge is 2.41. The van der Waals surface area contributed by atoms with Gasteiger partial charge < -0.3 is 15.4 Å². The minimum Gasteiger partial charge on any atom is -0.496 e. The molecule has 0 radical (unpaired) electrons. The second kappa shape index (κ2) is 9.18. The summed E-state index contributed by atoms with van der Waals surface area (Å²) in [5.41, 5.74) is 2.39. The lowest BCUT2D eigenvalue weighted by Crippen LogP contribution is -2.32. The molecule has 0 aliphatic carbocycles. The largest absolute Gasteiger partial charge is 0.496 e. The van der Waals surface area contributed by atoms with Crippen LogP contribution in [-0.4, -0.2) is 24.8 Å². The lowest BCUT2D eigenvalue weighted by Gasteiger charge is -2.15. The quantitative estimate of drug-likeness (QED) is 0.519. The SMILES string of the molecule is COc1ccccc1C1=C(Nc2ccc(NC(C)=O)cc2)C(=O)N(c2ccc(Cl)cc2)C1=O. The van der Waals surface area contributed by atoms with Crippen molar-refractivity contribution < 1.29 is 19.1 Å². The topological polar surface area (TPSA) is 87.7 Å². The number of nitrogens with one attached hydrogen (secondary N) is 2. The molecular weight excluding hydrogens is 442 g/mol. The minimum absolute atomic E-state index is 0.117. The Morgan fingerprint density at radius 3 is 2.15 bits per heavy atom. The first-order valence-corrected chi connectivity index (χ1v) is 10.4. The molecule has 2 N–H and O–H groups in total. The number of nitrogens with zero attached hydrogens (tertiary/aromatic N) is 1. The molecule has 0 spiro atoms. The van der Waals surface area contributed by atoms with Gasteiger partial charge in [0.25, 0.3) is 11.8 Å². The van der Waals surface area contributed by atoms with Crippen molar-refractivity contribution in [2.45, 2.75) is 6.92 Å². The lowest BCUT2D eigenvalue weighted by atomic mass is 10.0. The number of imide groups is 1. The second-order valence-electron chi connectivity index (χ2n) is 7.26. The van der Waals surface area contributed by atoms with Gasteiger partial charge in [-0.3, -0.25) is 14.4 Å². The number of anilines is 3. The number of hydrogen-bond donors (Lipinski definition) is 2. The van der Waals surface area contributed by atoms with Crippen LogP contribution in [-0.2, 0) is 14.4 Å². The molecule has 0 atom stereocenters. The summed E-state index contributed by atoms with van der Waals surface area (Å²) >= 11 is 5.98. The number of rotatable bonds is 6. The summed E-state index contributed by atoms with van der Waals surface area (Å²) in [5.74, 6) is -0.711. The third-order valence-electron chi connectivity index (χ3n) is 5.02. The van der Waals surface area contributed by atoms with Gasteiger partial charge in [0, 0.05) is 28.9 Å². The zero-order valence-electron chi connectivity index (χ0n) is 17.9. The predicted molar refractivity (Wildman–Crippen MR) is 128 cm³/mol. The van der Waals surface area contributed by atoms with E-state index in [1.165, 1.54) is 14.0 Å². The summed E-state index contributed by atoms with van der Waals surface area (Å²) in [6.45, 7) is 1.42. The minimum atomic E-state index is -0.505. The van der Waals surface area contributed by atoms with Crippen LogP contribution in [0.1, 0.15) is 12.5 Å². The van der Waals surface area contributed by atoms with Gasteiger partial charge in [-0.2, -0.15) is 0 Å². The molecule has 33 heavy (non-hydrogen) atoms. The van der Waals surface area contributed by atoms with Gasteiger partial charge in [-0.1, -0.05) is 29.8 Å². The van der Waals surface area contributed by atoms with Crippen LogP contribution in [0.25, 0.3) is 5.57 Å². The standard InChI is InChI=1S/C25H20ClN3O4/c1-15(30)27-17-9-11-18(12-10-17)28-23-22(20-5-3-4-6-21(20)33-2)24(31)29(25(23)32)19-13-7-16(26)8-14-19/h3-14,28H,1-2H3,(H,27,30). The molecule has 0 unspecified atom stereocenters. The summed E-state index contributed by atoms with van der Waals surface area (Å²) in [6.07, 6.45) is 0. The van der Waals surface area contributed by atoms with E-state index in [0.29, 0.717) is 33.4 Å². The number of carbonyl (C=O) groups is 3. The Labute approximate surface area is 195 Å². The van der Waals surface area contributed by atoms with Crippen molar-refractivity contribution in [2.75, 3.05) is 22.6 Å². The normalized spacial score (nSPS) is 13.4. The predicted octanol–water partition coefficient (Wildman–Crippen LogP) is 4.70. The monoisotopic (exact) mass is 461 g/mol. The van der Waals surface area contributed by atoms with E-state index in [1.807, 2.05) is 0 Å². The summed E-state index contributed by atoms with van der Waals surface area (Å²) < 4.78 is 5.45. The first-order chi connectivity index (χ1) is 15.9. The molecule has 0 bridgehead atoms. The number of halogens is 1. The molecular formula is C25H20ClN3O4. The third-order valence-corrected chi connectivity index (χ3v) is 5.27. The van der Waals surface area contributed by atoms with E-state index >= 15 is 0 Å². The Kier molecular flexibility index (Phi) is 6.15. The van der Waals surface area contributed by atoms with Crippen molar-refractivity contribution in [1.82, 2.24) is 0 Å². The highest BCUT2D eigenvalue weighted by Crippen LogP contribution is 2.37. The molecule has 0 fully saturated rings. The summed E-state index contributed by atoms with van der Waals surface area (Å²) in [7, 11) is 1.51. The molecule has 1 aliphatic rings. The highest BCUT2D eigenvalue weighted by atomic mass is 35.5. The Balaban J connectivity index is 1.78. The van der Waals surface area contributed by atoms with Crippen molar-refractivity contribution >= 4 is 52.0 Å². The van der Waals surface area contributed by atoms with E-state index in [4.69, 9.17) is 16.3 Å². The van der Waals surface area contributed by atoms with Gasteiger partial charge in [-0.05, 0) is 54.6 Å². The van der Waals surface area contributed by atoms with Crippen molar-refractivity contribution in [3.63, 3.8) is 0 Å². The van der Waals surface area contributed by atoms with Crippen LogP contribution in [0.5, 0.6) is 5.75 Å². The van der Waals surface area contributed by atoms with Gasteiger partial charge in [0.2, 0.25) is 5.91 Å². The van der Waals surface area contributed by atoms with Gasteiger partial charge >= 0.3 is 0 Å². The number of methoxy groups -OCH3 is 1. The molecule has 7 nitrogen and oxygen atoms in total. The van der Waals surface area contributed by atoms with Crippen molar-refractivity contribution in [1.29, 1.82) is 0 Å². The maximum atomic E-state index is 13.5. The Morgan fingerprint density at radius 2 is 1.52 bits per heavy atom. The van der Waals surface area contributed by atoms with Gasteiger partial charge in [-0.15, -0.1) is 0 Å². The highest BCUT2D eigenvalue weighted by molar-refractivity contribution is 6.46.